The minimum Gasteiger partial charge on any atom is -0.507 e. The molecule has 36 heavy (non-hydrogen) atoms. The van der Waals surface area contributed by atoms with Gasteiger partial charge in [-0.3, -0.25) is 19.5 Å². The molecule has 1 N–H and O–H groups in total. The van der Waals surface area contributed by atoms with E-state index in [2.05, 4.69) is 4.98 Å². The van der Waals surface area contributed by atoms with Gasteiger partial charge in [0, 0.05) is 24.1 Å². The Morgan fingerprint density at radius 1 is 1.08 bits per heavy atom. The van der Waals surface area contributed by atoms with Gasteiger partial charge in [-0.25, -0.2) is 0 Å². The largest absolute Gasteiger partial charge is 0.507 e. The van der Waals surface area contributed by atoms with Crippen LogP contribution in [0.5, 0.6) is 17.2 Å². The molecule has 1 amide bonds. The first-order valence-corrected chi connectivity index (χ1v) is 11.5. The van der Waals surface area contributed by atoms with E-state index in [9.17, 15) is 14.7 Å². The fourth-order valence-electron chi connectivity index (χ4n) is 4.49. The lowest BCUT2D eigenvalue weighted by Gasteiger charge is -2.26. The van der Waals surface area contributed by atoms with Gasteiger partial charge in [0.25, 0.3) is 11.7 Å². The van der Waals surface area contributed by atoms with Gasteiger partial charge in [0.2, 0.25) is 6.79 Å². The van der Waals surface area contributed by atoms with Gasteiger partial charge in [-0.2, -0.15) is 0 Å². The molecule has 184 valence electrons. The molecule has 0 spiro atoms. The number of nitrogens with zero attached hydrogens (tertiary/aromatic N) is 2. The number of hydrogen-bond donors (Lipinski definition) is 1. The van der Waals surface area contributed by atoms with Crippen molar-refractivity contribution in [3.8, 4) is 17.2 Å². The molecule has 8 nitrogen and oxygen atoms in total. The second kappa shape index (κ2) is 8.71. The molecular formula is C28H26N2O6. The maximum absolute atomic E-state index is 13.5. The van der Waals surface area contributed by atoms with Crippen LogP contribution in [-0.4, -0.2) is 35.7 Å². The highest BCUT2D eigenvalue weighted by atomic mass is 16.7. The molecule has 2 aromatic carbocycles. The Labute approximate surface area is 208 Å². The molecule has 1 aromatic heterocycles. The molecule has 1 fully saturated rings. The van der Waals surface area contributed by atoms with E-state index < -0.39 is 17.7 Å². The number of aromatic nitrogens is 1. The molecule has 5 rings (SSSR count). The molecule has 1 atom stereocenters. The number of methoxy groups -OCH3 is 1. The summed E-state index contributed by atoms with van der Waals surface area (Å²) in [5.41, 5.74) is 2.01. The van der Waals surface area contributed by atoms with Crippen molar-refractivity contribution in [3.05, 3.63) is 83.2 Å². The SMILES string of the molecule is COc1ccc(C(C)(C)C)cc1/C(O)=C1\C(=O)C(=O)N(c2ccc3c(c2)OCO3)C1c1cccnc1. The molecule has 3 aromatic rings. The van der Waals surface area contributed by atoms with Crippen molar-refractivity contribution < 1.29 is 28.9 Å². The third kappa shape index (κ3) is 3.84. The van der Waals surface area contributed by atoms with Crippen LogP contribution in [0.15, 0.2) is 66.5 Å². The van der Waals surface area contributed by atoms with E-state index in [4.69, 9.17) is 14.2 Å². The molecule has 1 unspecified atom stereocenters. The summed E-state index contributed by atoms with van der Waals surface area (Å²) in [5, 5.41) is 11.6. The number of aliphatic hydroxyl groups excluding tert-OH is 1. The van der Waals surface area contributed by atoms with Crippen LogP contribution in [0.25, 0.3) is 5.76 Å². The number of amides is 1. The highest BCUT2D eigenvalue weighted by Crippen LogP contribution is 2.45. The zero-order valence-electron chi connectivity index (χ0n) is 20.4. The van der Waals surface area contributed by atoms with Crippen LogP contribution in [-0.2, 0) is 15.0 Å². The Bertz CT molecular complexity index is 1390. The van der Waals surface area contributed by atoms with Gasteiger partial charge in [-0.15, -0.1) is 0 Å². The highest BCUT2D eigenvalue weighted by molar-refractivity contribution is 6.51. The van der Waals surface area contributed by atoms with Gasteiger partial charge in [-0.1, -0.05) is 32.9 Å². The van der Waals surface area contributed by atoms with Gasteiger partial charge in [0.05, 0.1) is 24.3 Å². The molecule has 0 aliphatic carbocycles. The number of ketones is 1. The maximum Gasteiger partial charge on any atom is 0.300 e. The molecule has 8 heteroatoms. The third-order valence-electron chi connectivity index (χ3n) is 6.40. The van der Waals surface area contributed by atoms with Crippen molar-refractivity contribution in [3.63, 3.8) is 0 Å². The standard InChI is InChI=1S/C28H26N2O6/c1-28(2,3)17-7-9-20(34-4)19(12-17)25(31)23-24(16-6-5-11-29-14-16)30(27(33)26(23)32)18-8-10-21-22(13-18)36-15-35-21/h5-14,24,31H,15H2,1-4H3/b25-23+. The highest BCUT2D eigenvalue weighted by Gasteiger charge is 2.47. The molecule has 1 saturated heterocycles. The van der Waals surface area contributed by atoms with Crippen molar-refractivity contribution in [1.82, 2.24) is 4.98 Å². The summed E-state index contributed by atoms with van der Waals surface area (Å²) in [6.45, 7) is 6.22. The second-order valence-electron chi connectivity index (χ2n) is 9.66. The number of aliphatic hydroxyl groups is 1. The molecule has 0 bridgehead atoms. The first-order chi connectivity index (χ1) is 17.2. The number of Topliss-reactive ketones (excluding diaryl/α,β-unsaturated/α-hetero) is 1. The fraction of sp³-hybridized carbons (Fsp3) is 0.250. The van der Waals surface area contributed by atoms with Crippen LogP contribution >= 0.6 is 0 Å². The average molecular weight is 487 g/mol. The third-order valence-corrected chi connectivity index (χ3v) is 6.40. The Balaban J connectivity index is 1.73. The Hall–Kier alpha value is -4.33. The van der Waals surface area contributed by atoms with Crippen LogP contribution in [0, 0.1) is 0 Å². The van der Waals surface area contributed by atoms with Crippen LogP contribution in [0.3, 0.4) is 0 Å². The van der Waals surface area contributed by atoms with Crippen molar-refractivity contribution >= 4 is 23.1 Å². The molecular weight excluding hydrogens is 460 g/mol. The number of ether oxygens (including phenoxy) is 3. The predicted octanol–water partition coefficient (Wildman–Crippen LogP) is 4.74. The first-order valence-electron chi connectivity index (χ1n) is 11.5. The maximum atomic E-state index is 13.5. The molecule has 0 saturated carbocycles. The van der Waals surface area contributed by atoms with Crippen molar-refractivity contribution in [2.24, 2.45) is 0 Å². The fourth-order valence-corrected chi connectivity index (χ4v) is 4.49. The Kier molecular flexibility index (Phi) is 5.67. The van der Waals surface area contributed by atoms with Crippen LogP contribution in [0.2, 0.25) is 0 Å². The molecule has 2 aliphatic rings. The number of rotatable bonds is 4. The van der Waals surface area contributed by atoms with Crippen molar-refractivity contribution in [1.29, 1.82) is 0 Å². The zero-order chi connectivity index (χ0) is 25.6. The van der Waals surface area contributed by atoms with Crippen LogP contribution < -0.4 is 19.1 Å². The van der Waals surface area contributed by atoms with Crippen LogP contribution in [0.1, 0.15) is 43.5 Å². The second-order valence-corrected chi connectivity index (χ2v) is 9.66. The summed E-state index contributed by atoms with van der Waals surface area (Å²) in [6.07, 6.45) is 3.18. The number of hydrogen-bond acceptors (Lipinski definition) is 7. The lowest BCUT2D eigenvalue weighted by atomic mass is 9.85. The normalized spacial score (nSPS) is 18.6. The molecule has 2 aliphatic heterocycles. The molecule has 0 radical (unpaired) electrons. The summed E-state index contributed by atoms with van der Waals surface area (Å²) in [4.78, 5) is 32.4. The number of carbonyl (C=O) groups excluding carboxylic acids is 2. The number of pyridine rings is 1. The smallest absolute Gasteiger partial charge is 0.300 e. The minimum absolute atomic E-state index is 0.0463. The molecule has 3 heterocycles. The van der Waals surface area contributed by atoms with E-state index in [1.165, 1.54) is 12.0 Å². The van der Waals surface area contributed by atoms with E-state index in [-0.39, 0.29) is 23.5 Å². The van der Waals surface area contributed by atoms with E-state index in [1.807, 2.05) is 26.8 Å². The minimum atomic E-state index is -0.915. The zero-order valence-corrected chi connectivity index (χ0v) is 20.4. The van der Waals surface area contributed by atoms with E-state index in [1.54, 1.807) is 54.9 Å². The van der Waals surface area contributed by atoms with E-state index in [0.29, 0.717) is 34.1 Å². The van der Waals surface area contributed by atoms with Gasteiger partial charge in [0.15, 0.2) is 11.5 Å². The van der Waals surface area contributed by atoms with Gasteiger partial charge >= 0.3 is 0 Å². The summed E-state index contributed by atoms with van der Waals surface area (Å²) in [6, 6.07) is 13.1. The number of anilines is 1. The van der Waals surface area contributed by atoms with Crippen molar-refractivity contribution in [2.45, 2.75) is 32.2 Å². The van der Waals surface area contributed by atoms with Crippen molar-refractivity contribution in [2.75, 3.05) is 18.8 Å². The van der Waals surface area contributed by atoms with E-state index in [0.717, 1.165) is 5.56 Å². The first kappa shape index (κ1) is 23.4. The topological polar surface area (TPSA) is 98.2 Å². The summed E-state index contributed by atoms with van der Waals surface area (Å²) in [5.74, 6) is -0.471. The van der Waals surface area contributed by atoms with Crippen LogP contribution in [0.4, 0.5) is 5.69 Å². The number of carbonyl (C=O) groups is 2. The van der Waals surface area contributed by atoms with Gasteiger partial charge in [0.1, 0.15) is 11.5 Å². The summed E-state index contributed by atoms with van der Waals surface area (Å²) in [7, 11) is 1.49. The van der Waals surface area contributed by atoms with Gasteiger partial charge < -0.3 is 19.3 Å². The summed E-state index contributed by atoms with van der Waals surface area (Å²) >= 11 is 0. The Morgan fingerprint density at radius 3 is 2.56 bits per heavy atom. The van der Waals surface area contributed by atoms with Gasteiger partial charge in [-0.05, 0) is 46.9 Å². The predicted molar refractivity (Wildman–Crippen MR) is 133 cm³/mol. The van der Waals surface area contributed by atoms with E-state index >= 15 is 0 Å². The summed E-state index contributed by atoms with van der Waals surface area (Å²) < 4.78 is 16.4. The Morgan fingerprint density at radius 2 is 1.86 bits per heavy atom. The number of fused-ring (bicyclic) bond motifs is 1. The quantitative estimate of drug-likeness (QED) is 0.323. The lowest BCUT2D eigenvalue weighted by molar-refractivity contribution is -0.132. The monoisotopic (exact) mass is 486 g/mol. The number of benzene rings is 2. The lowest BCUT2D eigenvalue weighted by Crippen LogP contribution is -2.29. The average Bonchev–Trinajstić information content (AvgIpc) is 3.45.